The number of anilines is 1. The third-order valence-corrected chi connectivity index (χ3v) is 2.93. The third-order valence-electron chi connectivity index (χ3n) is 1.85. The molecule has 0 fully saturated rings. The Balaban J connectivity index is 3.32. The van der Waals surface area contributed by atoms with Crippen LogP contribution in [-0.2, 0) is 6.18 Å². The number of rotatable bonds is 2. The van der Waals surface area contributed by atoms with Gasteiger partial charge in [-0.15, -0.1) is 0 Å². The summed E-state index contributed by atoms with van der Waals surface area (Å²) >= 11 is 5.91. The van der Waals surface area contributed by atoms with Crippen LogP contribution in [0.2, 0.25) is 0 Å². The van der Waals surface area contributed by atoms with E-state index in [0.29, 0.717) is 0 Å². The summed E-state index contributed by atoms with van der Waals surface area (Å²) in [6.45, 7) is 0. The van der Waals surface area contributed by atoms with Crippen LogP contribution in [0.4, 0.5) is 18.9 Å². The molecule has 1 N–H and O–H groups in total. The summed E-state index contributed by atoms with van der Waals surface area (Å²) in [4.78, 5) is 0. The summed E-state index contributed by atoms with van der Waals surface area (Å²) in [5.41, 5.74) is 0.137. The Morgan fingerprint density at radius 3 is 2.26 bits per heavy atom. The van der Waals surface area contributed by atoms with Gasteiger partial charge in [0.25, 0.3) is 0 Å². The van der Waals surface area contributed by atoms with Crippen molar-refractivity contribution in [3.63, 3.8) is 0 Å². The zero-order valence-corrected chi connectivity index (χ0v) is 12.1. The number of halogens is 5. The Hall–Kier alpha value is -1.58. The van der Waals surface area contributed by atoms with Gasteiger partial charge in [0.2, 0.25) is 5.71 Å². The van der Waals surface area contributed by atoms with Gasteiger partial charge in [-0.3, -0.25) is 5.43 Å². The van der Waals surface area contributed by atoms with E-state index in [2.05, 4.69) is 42.4 Å². The van der Waals surface area contributed by atoms with E-state index in [1.165, 1.54) is 18.2 Å². The van der Waals surface area contributed by atoms with Crippen molar-refractivity contribution >= 4 is 43.3 Å². The second-order valence-electron chi connectivity index (χ2n) is 3.10. The summed E-state index contributed by atoms with van der Waals surface area (Å²) in [6.07, 6.45) is -4.61. The summed E-state index contributed by atoms with van der Waals surface area (Å²) < 4.78 is 38.8. The van der Waals surface area contributed by atoms with E-state index in [4.69, 9.17) is 10.5 Å². The zero-order valence-electron chi connectivity index (χ0n) is 8.89. The zero-order chi connectivity index (χ0) is 14.6. The molecule has 98 valence electrons. The number of nitrogens with one attached hydrogen (secondary N) is 1. The SMILES string of the molecule is N#CC(C#N)=NNc1c(Br)cc(Br)cc1C(F)(F)F. The number of nitriles is 2. The van der Waals surface area contributed by atoms with Crippen molar-refractivity contribution in [2.45, 2.75) is 6.18 Å². The van der Waals surface area contributed by atoms with Crippen LogP contribution < -0.4 is 5.43 Å². The molecule has 1 aromatic rings. The maximum Gasteiger partial charge on any atom is 0.418 e. The van der Waals surface area contributed by atoms with Crippen molar-refractivity contribution in [2.24, 2.45) is 5.10 Å². The Bertz CT molecular complexity index is 595. The Morgan fingerprint density at radius 2 is 1.79 bits per heavy atom. The number of alkyl halides is 3. The molecule has 0 radical (unpaired) electrons. The highest BCUT2D eigenvalue weighted by Gasteiger charge is 2.35. The van der Waals surface area contributed by atoms with Gasteiger partial charge in [0.05, 0.1) is 11.3 Å². The fourth-order valence-corrected chi connectivity index (χ4v) is 2.41. The number of benzene rings is 1. The van der Waals surface area contributed by atoms with Crippen molar-refractivity contribution in [3.05, 3.63) is 26.6 Å². The van der Waals surface area contributed by atoms with E-state index in [1.54, 1.807) is 0 Å². The molecule has 0 heterocycles. The molecule has 1 rings (SSSR count). The lowest BCUT2D eigenvalue weighted by Gasteiger charge is -2.14. The summed E-state index contributed by atoms with van der Waals surface area (Å²) in [6, 6.07) is 5.11. The van der Waals surface area contributed by atoms with Crippen molar-refractivity contribution < 1.29 is 13.2 Å². The quantitative estimate of drug-likeness (QED) is 0.606. The van der Waals surface area contributed by atoms with Crippen LogP contribution in [0.5, 0.6) is 0 Å². The second-order valence-corrected chi connectivity index (χ2v) is 4.87. The summed E-state index contributed by atoms with van der Waals surface area (Å²) in [7, 11) is 0. The third kappa shape index (κ3) is 3.94. The molecular weight excluding hydrogens is 393 g/mol. The van der Waals surface area contributed by atoms with Gasteiger partial charge in [-0.1, -0.05) is 15.9 Å². The van der Waals surface area contributed by atoms with E-state index in [1.807, 2.05) is 0 Å². The molecule has 0 aliphatic rings. The first-order valence-electron chi connectivity index (χ1n) is 4.49. The Kier molecular flexibility index (Phi) is 4.92. The van der Waals surface area contributed by atoms with Crippen LogP contribution in [0, 0.1) is 22.7 Å². The number of hydrogen-bond donors (Lipinski definition) is 1. The van der Waals surface area contributed by atoms with Crippen LogP contribution in [0.15, 0.2) is 26.2 Å². The predicted molar refractivity (Wildman–Crippen MR) is 69.1 cm³/mol. The molecule has 19 heavy (non-hydrogen) atoms. The average molecular weight is 396 g/mol. The molecule has 0 unspecified atom stereocenters. The first-order chi connectivity index (χ1) is 8.79. The van der Waals surface area contributed by atoms with Crippen molar-refractivity contribution in [1.82, 2.24) is 0 Å². The lowest BCUT2D eigenvalue weighted by Crippen LogP contribution is -2.10. The first kappa shape index (κ1) is 15.5. The molecule has 0 saturated heterocycles. The fourth-order valence-electron chi connectivity index (χ4n) is 1.10. The van der Waals surface area contributed by atoms with Gasteiger partial charge in [0.1, 0.15) is 12.1 Å². The highest BCUT2D eigenvalue weighted by Crippen LogP contribution is 2.40. The molecule has 0 aliphatic heterocycles. The van der Waals surface area contributed by atoms with E-state index in [-0.39, 0.29) is 14.6 Å². The largest absolute Gasteiger partial charge is 0.418 e. The first-order valence-corrected chi connectivity index (χ1v) is 6.08. The van der Waals surface area contributed by atoms with Crippen LogP contribution in [0.25, 0.3) is 0 Å². The maximum absolute atomic E-state index is 12.8. The summed E-state index contributed by atoms with van der Waals surface area (Å²) in [5, 5.41) is 20.2. The highest BCUT2D eigenvalue weighted by atomic mass is 79.9. The average Bonchev–Trinajstić information content (AvgIpc) is 2.30. The van der Waals surface area contributed by atoms with Gasteiger partial charge in [-0.2, -0.15) is 28.8 Å². The number of nitrogens with zero attached hydrogens (tertiary/aromatic N) is 3. The van der Waals surface area contributed by atoms with Gasteiger partial charge in [0.15, 0.2) is 0 Å². The molecule has 0 aliphatic carbocycles. The highest BCUT2D eigenvalue weighted by molar-refractivity contribution is 9.11. The molecule has 4 nitrogen and oxygen atoms in total. The Labute approximate surface area is 122 Å². The normalized spacial score (nSPS) is 10.3. The molecule has 0 aromatic heterocycles. The van der Waals surface area contributed by atoms with Crippen molar-refractivity contribution in [3.8, 4) is 12.1 Å². The molecule has 9 heteroatoms. The van der Waals surface area contributed by atoms with E-state index < -0.39 is 17.5 Å². The standard InChI is InChI=1S/C10H3Br2F3N4/c11-5-1-7(10(13,14)15)9(8(12)2-5)19-18-6(3-16)4-17/h1-2,19H. The molecule has 0 bridgehead atoms. The minimum atomic E-state index is -4.61. The van der Waals surface area contributed by atoms with Crippen molar-refractivity contribution in [1.29, 1.82) is 10.5 Å². The lowest BCUT2D eigenvalue weighted by molar-refractivity contribution is -0.137. The van der Waals surface area contributed by atoms with Gasteiger partial charge in [-0.05, 0) is 28.1 Å². The molecule has 0 saturated carbocycles. The van der Waals surface area contributed by atoms with E-state index in [0.717, 1.165) is 6.07 Å². The molecule has 1 aromatic carbocycles. The lowest BCUT2D eigenvalue weighted by atomic mass is 10.2. The van der Waals surface area contributed by atoms with Gasteiger partial charge < -0.3 is 0 Å². The monoisotopic (exact) mass is 394 g/mol. The van der Waals surface area contributed by atoms with Gasteiger partial charge in [0, 0.05) is 8.95 Å². The van der Waals surface area contributed by atoms with Crippen LogP contribution >= 0.6 is 31.9 Å². The number of hydrogen-bond acceptors (Lipinski definition) is 4. The smallest absolute Gasteiger partial charge is 0.275 e. The molecule has 0 atom stereocenters. The van der Waals surface area contributed by atoms with Crippen LogP contribution in [-0.4, -0.2) is 5.71 Å². The minimum Gasteiger partial charge on any atom is -0.275 e. The second kappa shape index (κ2) is 6.04. The van der Waals surface area contributed by atoms with Crippen molar-refractivity contribution in [2.75, 3.05) is 5.43 Å². The van der Waals surface area contributed by atoms with Gasteiger partial charge in [-0.25, -0.2) is 0 Å². The Morgan fingerprint density at radius 1 is 1.21 bits per heavy atom. The number of hydrazone groups is 1. The molecule has 0 spiro atoms. The maximum atomic E-state index is 12.8. The fraction of sp³-hybridized carbons (Fsp3) is 0.100. The predicted octanol–water partition coefficient (Wildman–Crippen LogP) is 4.05. The van der Waals surface area contributed by atoms with E-state index >= 15 is 0 Å². The minimum absolute atomic E-state index is 0.0909. The van der Waals surface area contributed by atoms with Gasteiger partial charge >= 0.3 is 6.18 Å². The topological polar surface area (TPSA) is 72.0 Å². The summed E-state index contributed by atoms with van der Waals surface area (Å²) in [5.74, 6) is 0. The van der Waals surface area contributed by atoms with Crippen LogP contribution in [0.3, 0.4) is 0 Å². The molecular formula is C10H3Br2F3N4. The molecule has 0 amide bonds. The van der Waals surface area contributed by atoms with Crippen LogP contribution in [0.1, 0.15) is 5.56 Å². The van der Waals surface area contributed by atoms with E-state index in [9.17, 15) is 13.2 Å².